The van der Waals surface area contributed by atoms with Crippen molar-refractivity contribution in [2.45, 2.75) is 44.0 Å². The first kappa shape index (κ1) is 14.0. The van der Waals surface area contributed by atoms with Gasteiger partial charge in [-0.1, -0.05) is 6.92 Å². The van der Waals surface area contributed by atoms with Crippen LogP contribution in [0.2, 0.25) is 0 Å². The molecule has 2 rings (SSSR count). The van der Waals surface area contributed by atoms with Crippen molar-refractivity contribution < 1.29 is 8.42 Å². The van der Waals surface area contributed by atoms with Gasteiger partial charge in [-0.25, -0.2) is 18.1 Å². The third kappa shape index (κ3) is 4.00. The fourth-order valence-electron chi connectivity index (χ4n) is 1.33. The molecule has 0 aromatic carbocycles. The van der Waals surface area contributed by atoms with Crippen molar-refractivity contribution in [1.29, 1.82) is 0 Å². The molecule has 0 radical (unpaired) electrons. The minimum atomic E-state index is -3.43. The van der Waals surface area contributed by atoms with Crippen LogP contribution in [0.3, 0.4) is 0 Å². The van der Waals surface area contributed by atoms with E-state index in [4.69, 9.17) is 0 Å². The second kappa shape index (κ2) is 5.66. The van der Waals surface area contributed by atoms with Crippen molar-refractivity contribution in [2.24, 2.45) is 5.10 Å². The molecule has 0 spiro atoms. The summed E-state index contributed by atoms with van der Waals surface area (Å²) < 4.78 is 26.4. The maximum atomic E-state index is 11.9. The van der Waals surface area contributed by atoms with Gasteiger partial charge in [-0.3, -0.25) is 5.43 Å². The molecule has 104 valence electrons. The lowest BCUT2D eigenvalue weighted by Gasteiger charge is -2.06. The van der Waals surface area contributed by atoms with Gasteiger partial charge in [0.15, 0.2) is 0 Å². The summed E-state index contributed by atoms with van der Waals surface area (Å²) in [4.78, 5) is 4.22. The minimum absolute atomic E-state index is 0.0969. The molecule has 0 amide bonds. The Bertz CT molecular complexity index is 562. The van der Waals surface area contributed by atoms with Gasteiger partial charge < -0.3 is 0 Å². The zero-order chi connectivity index (χ0) is 13.9. The molecule has 1 fully saturated rings. The van der Waals surface area contributed by atoms with Gasteiger partial charge in [-0.15, -0.1) is 0 Å². The highest BCUT2D eigenvalue weighted by Gasteiger charge is 2.28. The van der Waals surface area contributed by atoms with E-state index in [0.717, 1.165) is 25.0 Å². The second-order valence-electron chi connectivity index (χ2n) is 4.59. The van der Waals surface area contributed by atoms with Crippen molar-refractivity contribution in [1.82, 2.24) is 9.71 Å². The fraction of sp³-hybridized carbons (Fsp3) is 0.500. The van der Waals surface area contributed by atoms with E-state index in [9.17, 15) is 8.42 Å². The van der Waals surface area contributed by atoms with E-state index in [1.165, 1.54) is 12.3 Å². The monoisotopic (exact) mass is 282 g/mol. The van der Waals surface area contributed by atoms with Crippen LogP contribution in [-0.2, 0) is 10.0 Å². The number of hydrogen-bond donors (Lipinski definition) is 2. The van der Waals surface area contributed by atoms with Crippen LogP contribution in [0, 0.1) is 0 Å². The Hall–Kier alpha value is -1.47. The molecule has 0 atom stereocenters. The van der Waals surface area contributed by atoms with Gasteiger partial charge in [0.1, 0.15) is 10.7 Å². The molecule has 6 nitrogen and oxygen atoms in total. The van der Waals surface area contributed by atoms with E-state index in [2.05, 4.69) is 20.2 Å². The summed E-state index contributed by atoms with van der Waals surface area (Å²) in [6, 6.07) is 3.23. The smallest absolute Gasteiger partial charge is 0.242 e. The quantitative estimate of drug-likeness (QED) is 0.614. The number of sulfonamides is 1. The predicted octanol–water partition coefficient (Wildman–Crippen LogP) is 1.72. The highest BCUT2D eigenvalue weighted by molar-refractivity contribution is 7.89. The number of rotatable bonds is 6. The molecule has 2 N–H and O–H groups in total. The van der Waals surface area contributed by atoms with Crippen LogP contribution in [0.4, 0.5) is 5.82 Å². The number of anilines is 1. The Labute approximate surface area is 113 Å². The van der Waals surface area contributed by atoms with E-state index >= 15 is 0 Å². The predicted molar refractivity (Wildman–Crippen MR) is 74.6 cm³/mol. The molecule has 1 aliphatic rings. The number of nitrogens with one attached hydrogen (secondary N) is 2. The number of nitrogens with zero attached hydrogens (tertiary/aromatic N) is 2. The lowest BCUT2D eigenvalue weighted by Crippen LogP contribution is -2.25. The second-order valence-corrected chi connectivity index (χ2v) is 6.30. The van der Waals surface area contributed by atoms with Gasteiger partial charge in [-0.2, -0.15) is 5.10 Å². The molecule has 1 aromatic rings. The lowest BCUT2D eigenvalue weighted by molar-refractivity contribution is 0.580. The van der Waals surface area contributed by atoms with E-state index in [-0.39, 0.29) is 10.9 Å². The zero-order valence-electron chi connectivity index (χ0n) is 11.0. The van der Waals surface area contributed by atoms with E-state index in [0.29, 0.717) is 5.82 Å². The highest BCUT2D eigenvalue weighted by atomic mass is 32.2. The molecule has 1 heterocycles. The third-order valence-electron chi connectivity index (χ3n) is 2.82. The maximum Gasteiger partial charge on any atom is 0.242 e. The van der Waals surface area contributed by atoms with Crippen LogP contribution in [0.25, 0.3) is 0 Å². The van der Waals surface area contributed by atoms with Crippen LogP contribution in [0.5, 0.6) is 0 Å². The molecule has 0 aliphatic heterocycles. The Balaban J connectivity index is 2.05. The van der Waals surface area contributed by atoms with Crippen molar-refractivity contribution in [3.8, 4) is 0 Å². The average Bonchev–Trinajstić information content (AvgIpc) is 3.19. The molecule has 19 heavy (non-hydrogen) atoms. The first-order valence-corrected chi connectivity index (χ1v) is 7.77. The largest absolute Gasteiger partial charge is 0.261 e. The van der Waals surface area contributed by atoms with Crippen LogP contribution >= 0.6 is 0 Å². The Morgan fingerprint density at radius 1 is 1.47 bits per heavy atom. The fourth-order valence-corrected chi connectivity index (χ4v) is 2.58. The Morgan fingerprint density at radius 2 is 2.21 bits per heavy atom. The SMILES string of the molecule is CCC(C)=NNc1ccc(S(=O)(=O)NC2CC2)cn1. The van der Waals surface area contributed by atoms with Gasteiger partial charge in [0.2, 0.25) is 10.0 Å². The number of hydrogen-bond acceptors (Lipinski definition) is 5. The van der Waals surface area contributed by atoms with Gasteiger partial charge in [-0.05, 0) is 38.3 Å². The third-order valence-corrected chi connectivity index (χ3v) is 4.32. The topological polar surface area (TPSA) is 83.5 Å². The van der Waals surface area contributed by atoms with Crippen LogP contribution < -0.4 is 10.1 Å². The molecular weight excluding hydrogens is 264 g/mol. The van der Waals surface area contributed by atoms with Crippen molar-refractivity contribution in [2.75, 3.05) is 5.43 Å². The molecule has 1 aliphatic carbocycles. The molecular formula is C12H18N4O2S. The molecule has 0 bridgehead atoms. The zero-order valence-corrected chi connectivity index (χ0v) is 11.9. The summed E-state index contributed by atoms with van der Waals surface area (Å²) in [5.41, 5.74) is 3.74. The molecule has 0 unspecified atom stereocenters. The summed E-state index contributed by atoms with van der Waals surface area (Å²) in [6.45, 7) is 3.92. The first-order chi connectivity index (χ1) is 9.01. The Morgan fingerprint density at radius 3 is 2.74 bits per heavy atom. The van der Waals surface area contributed by atoms with Crippen LogP contribution in [-0.4, -0.2) is 25.2 Å². The summed E-state index contributed by atoms with van der Waals surface area (Å²) in [6.07, 6.45) is 4.02. The van der Waals surface area contributed by atoms with Gasteiger partial charge in [0.05, 0.1) is 0 Å². The van der Waals surface area contributed by atoms with E-state index < -0.39 is 10.0 Å². The van der Waals surface area contributed by atoms with Gasteiger partial charge in [0.25, 0.3) is 0 Å². The molecule has 1 aromatic heterocycles. The highest BCUT2D eigenvalue weighted by Crippen LogP contribution is 2.22. The normalized spacial score (nSPS) is 16.4. The molecule has 1 saturated carbocycles. The Kier molecular flexibility index (Phi) is 4.16. The summed E-state index contributed by atoms with van der Waals surface area (Å²) >= 11 is 0. The maximum absolute atomic E-state index is 11.9. The first-order valence-electron chi connectivity index (χ1n) is 6.29. The lowest BCUT2D eigenvalue weighted by atomic mass is 10.3. The van der Waals surface area contributed by atoms with Gasteiger partial charge >= 0.3 is 0 Å². The molecule has 0 saturated heterocycles. The number of hydrazone groups is 1. The number of pyridine rings is 1. The van der Waals surface area contributed by atoms with Crippen molar-refractivity contribution in [3.05, 3.63) is 18.3 Å². The van der Waals surface area contributed by atoms with Crippen LogP contribution in [0.1, 0.15) is 33.1 Å². The van der Waals surface area contributed by atoms with E-state index in [1.54, 1.807) is 6.07 Å². The molecule has 7 heteroatoms. The van der Waals surface area contributed by atoms with E-state index in [1.807, 2.05) is 13.8 Å². The summed E-state index contributed by atoms with van der Waals surface area (Å²) in [5.74, 6) is 0.526. The average molecular weight is 282 g/mol. The summed E-state index contributed by atoms with van der Waals surface area (Å²) in [5, 5.41) is 4.10. The van der Waals surface area contributed by atoms with Crippen molar-refractivity contribution >= 4 is 21.6 Å². The summed E-state index contributed by atoms with van der Waals surface area (Å²) in [7, 11) is -3.43. The number of aromatic nitrogens is 1. The van der Waals surface area contributed by atoms with Crippen LogP contribution in [0.15, 0.2) is 28.3 Å². The standard InChI is InChI=1S/C12H18N4O2S/c1-3-9(2)14-15-12-7-6-11(8-13-12)19(17,18)16-10-4-5-10/h6-8,10,16H,3-5H2,1-2H3,(H,13,15). The van der Waals surface area contributed by atoms with Crippen molar-refractivity contribution in [3.63, 3.8) is 0 Å². The van der Waals surface area contributed by atoms with Gasteiger partial charge in [0, 0.05) is 18.0 Å². The minimum Gasteiger partial charge on any atom is -0.261 e.